The van der Waals surface area contributed by atoms with Crippen molar-refractivity contribution in [2.75, 3.05) is 0 Å². The van der Waals surface area contributed by atoms with E-state index < -0.39 is 0 Å². The second-order valence-electron chi connectivity index (χ2n) is 1.98. The number of hydrogen-bond acceptors (Lipinski definition) is 2. The van der Waals surface area contributed by atoms with Gasteiger partial charge in [0.1, 0.15) is 0 Å². The molecule has 0 amide bonds. The van der Waals surface area contributed by atoms with Crippen LogP contribution in [0.2, 0.25) is 0 Å². The molecule has 0 saturated carbocycles. The van der Waals surface area contributed by atoms with Crippen molar-refractivity contribution in [2.45, 2.75) is 11.8 Å². The standard InChI is InChI=1S/C7H6Cl2OS/c8-2-5-1-6(4-10)11-7(5)3-9/h1,4H,2-3H2. The molecule has 1 rings (SSSR count). The second kappa shape index (κ2) is 4.10. The number of carbonyl (C=O) groups is 1. The van der Waals surface area contributed by atoms with Crippen molar-refractivity contribution < 1.29 is 4.79 Å². The third-order valence-corrected chi connectivity index (χ3v) is 3.11. The number of thiophene rings is 1. The maximum absolute atomic E-state index is 10.3. The average molecular weight is 209 g/mol. The lowest BCUT2D eigenvalue weighted by Crippen LogP contribution is -1.77. The van der Waals surface area contributed by atoms with Gasteiger partial charge in [0.25, 0.3) is 0 Å². The van der Waals surface area contributed by atoms with Crippen molar-refractivity contribution in [2.24, 2.45) is 0 Å². The van der Waals surface area contributed by atoms with Crippen molar-refractivity contribution in [1.29, 1.82) is 0 Å². The molecule has 0 aromatic carbocycles. The molecule has 0 saturated heterocycles. The van der Waals surface area contributed by atoms with Crippen LogP contribution in [0.25, 0.3) is 0 Å². The Morgan fingerprint density at radius 2 is 2.18 bits per heavy atom. The lowest BCUT2D eigenvalue weighted by molar-refractivity contribution is 0.112. The van der Waals surface area contributed by atoms with Gasteiger partial charge in [0.2, 0.25) is 0 Å². The molecule has 0 atom stereocenters. The van der Waals surface area contributed by atoms with E-state index in [1.165, 1.54) is 11.3 Å². The maximum atomic E-state index is 10.3. The summed E-state index contributed by atoms with van der Waals surface area (Å²) in [5.41, 5.74) is 0.966. The van der Waals surface area contributed by atoms with Gasteiger partial charge >= 0.3 is 0 Å². The Hall–Kier alpha value is -0.0500. The number of halogens is 2. The Morgan fingerprint density at radius 3 is 2.55 bits per heavy atom. The molecule has 60 valence electrons. The number of carbonyl (C=O) groups excluding carboxylic acids is 1. The Kier molecular flexibility index (Phi) is 3.37. The lowest BCUT2D eigenvalue weighted by atomic mass is 10.3. The van der Waals surface area contributed by atoms with Gasteiger partial charge in [-0.1, -0.05) is 0 Å². The van der Waals surface area contributed by atoms with Crippen LogP contribution in [0.3, 0.4) is 0 Å². The van der Waals surface area contributed by atoms with Crippen LogP contribution in [0.5, 0.6) is 0 Å². The summed E-state index contributed by atoms with van der Waals surface area (Å²) < 4.78 is 0. The zero-order chi connectivity index (χ0) is 8.27. The molecule has 0 aliphatic carbocycles. The van der Waals surface area contributed by atoms with Crippen LogP contribution in [-0.4, -0.2) is 6.29 Å². The van der Waals surface area contributed by atoms with E-state index in [4.69, 9.17) is 23.2 Å². The third-order valence-electron chi connectivity index (χ3n) is 1.30. The largest absolute Gasteiger partial charge is 0.297 e. The molecule has 0 N–H and O–H groups in total. The Balaban J connectivity index is 3.01. The summed E-state index contributed by atoms with van der Waals surface area (Å²) in [6.07, 6.45) is 0.816. The Morgan fingerprint density at radius 1 is 1.45 bits per heavy atom. The molecule has 0 spiro atoms. The van der Waals surface area contributed by atoms with Crippen LogP contribution in [0.15, 0.2) is 6.07 Å². The second-order valence-corrected chi connectivity index (χ2v) is 3.69. The van der Waals surface area contributed by atoms with Gasteiger partial charge in [0.05, 0.1) is 10.8 Å². The zero-order valence-electron chi connectivity index (χ0n) is 5.64. The van der Waals surface area contributed by atoms with Crippen LogP contribution < -0.4 is 0 Å². The maximum Gasteiger partial charge on any atom is 0.160 e. The molecule has 0 aliphatic rings. The summed E-state index contributed by atoms with van der Waals surface area (Å²) >= 11 is 12.6. The minimum Gasteiger partial charge on any atom is -0.297 e. The molecule has 0 aliphatic heterocycles. The average Bonchev–Trinajstić information content (AvgIpc) is 2.46. The van der Waals surface area contributed by atoms with Crippen LogP contribution in [0.4, 0.5) is 0 Å². The van der Waals surface area contributed by atoms with Gasteiger partial charge < -0.3 is 0 Å². The Bertz CT molecular complexity index is 235. The number of hydrogen-bond donors (Lipinski definition) is 0. The van der Waals surface area contributed by atoms with Crippen molar-refractivity contribution >= 4 is 40.8 Å². The summed E-state index contributed by atoms with van der Waals surface area (Å²) in [4.78, 5) is 12.0. The fourth-order valence-electron chi connectivity index (χ4n) is 0.774. The van der Waals surface area contributed by atoms with Crippen molar-refractivity contribution in [3.05, 3.63) is 21.4 Å². The van der Waals surface area contributed by atoms with Crippen LogP contribution in [0, 0.1) is 0 Å². The van der Waals surface area contributed by atoms with E-state index in [0.717, 1.165) is 16.7 Å². The molecule has 1 aromatic heterocycles. The minimum atomic E-state index is 0.423. The number of aldehydes is 1. The monoisotopic (exact) mass is 208 g/mol. The van der Waals surface area contributed by atoms with Gasteiger partial charge in [-0.25, -0.2) is 0 Å². The fourth-order valence-corrected chi connectivity index (χ4v) is 2.28. The van der Waals surface area contributed by atoms with Crippen molar-refractivity contribution in [3.8, 4) is 0 Å². The minimum absolute atomic E-state index is 0.423. The molecule has 0 fully saturated rings. The van der Waals surface area contributed by atoms with E-state index in [1.54, 1.807) is 6.07 Å². The molecule has 0 radical (unpaired) electrons. The summed E-state index contributed by atoms with van der Waals surface area (Å²) in [5.74, 6) is 0.854. The van der Waals surface area contributed by atoms with Crippen molar-refractivity contribution in [1.82, 2.24) is 0 Å². The number of rotatable bonds is 3. The molecule has 4 heteroatoms. The molecular formula is C7H6Cl2OS. The van der Waals surface area contributed by atoms with Gasteiger partial charge in [0.15, 0.2) is 6.29 Å². The summed E-state index contributed by atoms with van der Waals surface area (Å²) in [6, 6.07) is 1.78. The first kappa shape index (κ1) is 9.04. The summed E-state index contributed by atoms with van der Waals surface area (Å²) in [7, 11) is 0. The first-order valence-electron chi connectivity index (χ1n) is 3.00. The predicted octanol–water partition coefficient (Wildman–Crippen LogP) is 3.04. The lowest BCUT2D eigenvalue weighted by Gasteiger charge is -1.90. The molecule has 1 aromatic rings. The van der Waals surface area contributed by atoms with Crippen LogP contribution in [-0.2, 0) is 11.8 Å². The predicted molar refractivity (Wildman–Crippen MR) is 48.8 cm³/mol. The molecule has 1 nitrogen and oxygen atoms in total. The van der Waals surface area contributed by atoms with Gasteiger partial charge in [-0.05, 0) is 11.6 Å². The quantitative estimate of drug-likeness (QED) is 0.552. The molecule has 1 heterocycles. The normalized spacial score (nSPS) is 10.0. The van der Waals surface area contributed by atoms with E-state index in [1.807, 2.05) is 0 Å². The molecule has 0 bridgehead atoms. The van der Waals surface area contributed by atoms with Gasteiger partial charge in [-0.2, -0.15) is 0 Å². The summed E-state index contributed by atoms with van der Waals surface area (Å²) in [6.45, 7) is 0. The highest BCUT2D eigenvalue weighted by Gasteiger charge is 2.05. The number of alkyl halides is 2. The Labute approximate surface area is 78.9 Å². The smallest absolute Gasteiger partial charge is 0.160 e. The van der Waals surface area contributed by atoms with E-state index in [9.17, 15) is 4.79 Å². The van der Waals surface area contributed by atoms with Crippen LogP contribution >= 0.6 is 34.5 Å². The topological polar surface area (TPSA) is 17.1 Å². The zero-order valence-corrected chi connectivity index (χ0v) is 7.97. The van der Waals surface area contributed by atoms with E-state index >= 15 is 0 Å². The SMILES string of the molecule is O=Cc1cc(CCl)c(CCl)s1. The summed E-state index contributed by atoms with van der Waals surface area (Å²) in [5, 5.41) is 0. The molecule has 0 unspecified atom stereocenters. The van der Waals surface area contributed by atoms with Gasteiger partial charge in [-0.15, -0.1) is 34.5 Å². The molecule has 11 heavy (non-hydrogen) atoms. The highest BCUT2D eigenvalue weighted by Crippen LogP contribution is 2.24. The van der Waals surface area contributed by atoms with Gasteiger partial charge in [0, 0.05) is 10.8 Å². The first-order chi connectivity index (χ1) is 5.31. The van der Waals surface area contributed by atoms with Crippen molar-refractivity contribution in [3.63, 3.8) is 0 Å². The molecular weight excluding hydrogens is 203 g/mol. The fraction of sp³-hybridized carbons (Fsp3) is 0.286. The first-order valence-corrected chi connectivity index (χ1v) is 4.89. The highest BCUT2D eigenvalue weighted by molar-refractivity contribution is 7.14. The van der Waals surface area contributed by atoms with E-state index in [-0.39, 0.29) is 0 Å². The van der Waals surface area contributed by atoms with Crippen LogP contribution in [0.1, 0.15) is 20.1 Å². The van der Waals surface area contributed by atoms with Gasteiger partial charge in [-0.3, -0.25) is 4.79 Å². The highest BCUT2D eigenvalue weighted by atomic mass is 35.5. The van der Waals surface area contributed by atoms with E-state index in [0.29, 0.717) is 16.6 Å². The third kappa shape index (κ3) is 1.95. The van der Waals surface area contributed by atoms with E-state index in [2.05, 4.69) is 0 Å².